The molecule has 0 bridgehead atoms. The topological polar surface area (TPSA) is 148 Å². The number of nitrogens with zero attached hydrogens (tertiary/aromatic N) is 2. The van der Waals surface area contributed by atoms with E-state index in [1.807, 2.05) is 0 Å². The van der Waals surface area contributed by atoms with Crippen molar-refractivity contribution in [3.63, 3.8) is 0 Å². The van der Waals surface area contributed by atoms with E-state index in [1.54, 1.807) is 0 Å². The third kappa shape index (κ3) is 5.43. The third-order valence-electron chi connectivity index (χ3n) is 4.53. The van der Waals surface area contributed by atoms with Gasteiger partial charge in [-0.25, -0.2) is 12.8 Å². The molecule has 14 heteroatoms. The van der Waals surface area contributed by atoms with E-state index < -0.39 is 44.0 Å². The van der Waals surface area contributed by atoms with E-state index in [9.17, 15) is 32.8 Å². The molecule has 0 unspecified atom stereocenters. The SMILES string of the molecule is CCN(CCF)S(=O)(=O)c1cc(NC(=O)c2cc(Cl)c(O)c([N+](=O)[O-])c2)c(OC)c(OC)c1. The van der Waals surface area contributed by atoms with E-state index in [2.05, 4.69) is 5.32 Å². The molecule has 0 atom stereocenters. The van der Waals surface area contributed by atoms with Crippen molar-refractivity contribution in [1.82, 2.24) is 4.31 Å². The number of benzene rings is 2. The number of carbonyl (C=O) groups is 1. The number of halogens is 2. The number of carbonyl (C=O) groups excluding carboxylic acids is 1. The zero-order chi connectivity index (χ0) is 24.9. The summed E-state index contributed by atoms with van der Waals surface area (Å²) in [7, 11) is -1.65. The Hall–Kier alpha value is -3.16. The summed E-state index contributed by atoms with van der Waals surface area (Å²) in [5.41, 5.74) is -1.21. The lowest BCUT2D eigenvalue weighted by Gasteiger charge is -2.21. The van der Waals surface area contributed by atoms with Gasteiger partial charge in [-0.2, -0.15) is 4.31 Å². The molecule has 0 spiro atoms. The van der Waals surface area contributed by atoms with Gasteiger partial charge in [-0.05, 0) is 12.1 Å². The summed E-state index contributed by atoms with van der Waals surface area (Å²) in [4.78, 5) is 22.7. The summed E-state index contributed by atoms with van der Waals surface area (Å²) < 4.78 is 50.1. The number of nitrogens with one attached hydrogen (secondary N) is 1. The van der Waals surface area contributed by atoms with E-state index >= 15 is 0 Å². The predicted octanol–water partition coefficient (Wildman–Crippen LogP) is 3.20. The van der Waals surface area contributed by atoms with E-state index in [1.165, 1.54) is 21.1 Å². The van der Waals surface area contributed by atoms with Crippen LogP contribution >= 0.6 is 11.6 Å². The van der Waals surface area contributed by atoms with Gasteiger partial charge >= 0.3 is 5.69 Å². The second-order valence-electron chi connectivity index (χ2n) is 6.43. The van der Waals surface area contributed by atoms with Crippen LogP contribution in [0.4, 0.5) is 15.8 Å². The van der Waals surface area contributed by atoms with Crippen LogP contribution in [0.5, 0.6) is 17.2 Å². The first kappa shape index (κ1) is 26.1. The summed E-state index contributed by atoms with van der Waals surface area (Å²) in [6.07, 6.45) is 0. The second kappa shape index (κ2) is 10.6. The van der Waals surface area contributed by atoms with Crippen molar-refractivity contribution in [2.75, 3.05) is 39.3 Å². The average molecular weight is 506 g/mol. The number of hydrogen-bond acceptors (Lipinski definition) is 8. The van der Waals surface area contributed by atoms with Gasteiger partial charge in [-0.3, -0.25) is 14.9 Å². The highest BCUT2D eigenvalue weighted by Crippen LogP contribution is 2.40. The first-order chi connectivity index (χ1) is 15.5. The Balaban J connectivity index is 2.59. The van der Waals surface area contributed by atoms with Crippen molar-refractivity contribution in [2.45, 2.75) is 11.8 Å². The third-order valence-corrected chi connectivity index (χ3v) is 6.77. The minimum Gasteiger partial charge on any atom is -0.501 e. The fourth-order valence-corrected chi connectivity index (χ4v) is 4.61. The van der Waals surface area contributed by atoms with Gasteiger partial charge in [0.25, 0.3) is 5.91 Å². The molecule has 0 aliphatic heterocycles. The molecular weight excluding hydrogens is 485 g/mol. The normalized spacial score (nSPS) is 11.3. The molecule has 180 valence electrons. The van der Waals surface area contributed by atoms with Crippen LogP contribution in [0.2, 0.25) is 5.02 Å². The van der Waals surface area contributed by atoms with Gasteiger partial charge in [0.2, 0.25) is 15.8 Å². The molecule has 33 heavy (non-hydrogen) atoms. The maximum Gasteiger partial charge on any atom is 0.313 e. The van der Waals surface area contributed by atoms with Crippen molar-refractivity contribution < 1.29 is 37.1 Å². The van der Waals surface area contributed by atoms with Crippen LogP contribution in [0.1, 0.15) is 17.3 Å². The van der Waals surface area contributed by atoms with Crippen LogP contribution in [-0.2, 0) is 10.0 Å². The highest BCUT2D eigenvalue weighted by atomic mass is 35.5. The lowest BCUT2D eigenvalue weighted by molar-refractivity contribution is -0.385. The molecule has 2 rings (SSSR count). The second-order valence-corrected chi connectivity index (χ2v) is 8.77. The molecule has 0 fully saturated rings. The number of amides is 1. The van der Waals surface area contributed by atoms with Crippen LogP contribution in [0.15, 0.2) is 29.2 Å². The first-order valence-electron chi connectivity index (χ1n) is 9.32. The van der Waals surface area contributed by atoms with E-state index in [-0.39, 0.29) is 40.7 Å². The molecule has 2 aromatic rings. The van der Waals surface area contributed by atoms with Crippen LogP contribution in [-0.4, -0.2) is 62.6 Å². The standard InChI is InChI=1S/C19H21ClFN3O8S/c1-4-23(6-5-21)33(29,30)12-9-14(18(32-3)16(10-12)31-2)22-19(26)11-7-13(20)17(25)15(8-11)24(27)28/h7-10,25H,4-6H2,1-3H3,(H,22,26). The number of phenolic OH excluding ortho intramolecular Hbond substituents is 1. The van der Waals surface area contributed by atoms with Gasteiger partial charge in [-0.15, -0.1) is 0 Å². The average Bonchev–Trinajstić information content (AvgIpc) is 2.77. The van der Waals surface area contributed by atoms with E-state index in [0.717, 1.165) is 28.6 Å². The van der Waals surface area contributed by atoms with Crippen molar-refractivity contribution in [2.24, 2.45) is 0 Å². The fraction of sp³-hybridized carbons (Fsp3) is 0.316. The Labute approximate surface area is 193 Å². The lowest BCUT2D eigenvalue weighted by Crippen LogP contribution is -2.32. The number of aromatic hydroxyl groups is 1. The number of phenols is 1. The Kier molecular flexibility index (Phi) is 8.41. The monoisotopic (exact) mass is 505 g/mol. The zero-order valence-electron chi connectivity index (χ0n) is 17.8. The quantitative estimate of drug-likeness (QED) is 0.369. The molecule has 11 nitrogen and oxygen atoms in total. The smallest absolute Gasteiger partial charge is 0.313 e. The molecule has 1 amide bonds. The number of rotatable bonds is 10. The number of anilines is 1. The highest BCUT2D eigenvalue weighted by Gasteiger charge is 2.27. The van der Waals surface area contributed by atoms with Crippen LogP contribution < -0.4 is 14.8 Å². The van der Waals surface area contributed by atoms with E-state index in [0.29, 0.717) is 0 Å². The minimum atomic E-state index is -4.16. The fourth-order valence-electron chi connectivity index (χ4n) is 2.92. The molecule has 2 N–H and O–H groups in total. The summed E-state index contributed by atoms with van der Waals surface area (Å²) in [5.74, 6) is -1.79. The largest absolute Gasteiger partial charge is 0.501 e. The Morgan fingerprint density at radius 3 is 2.45 bits per heavy atom. The Bertz CT molecular complexity index is 1180. The van der Waals surface area contributed by atoms with Crippen LogP contribution in [0.3, 0.4) is 0 Å². The van der Waals surface area contributed by atoms with Gasteiger partial charge < -0.3 is 19.9 Å². The summed E-state index contributed by atoms with van der Waals surface area (Å²) in [6.45, 7) is 0.269. The molecule has 0 aliphatic carbocycles. The van der Waals surface area contributed by atoms with Crippen molar-refractivity contribution in [3.05, 3.63) is 45.0 Å². The van der Waals surface area contributed by atoms with Gasteiger partial charge in [-0.1, -0.05) is 18.5 Å². The number of nitro groups is 1. The van der Waals surface area contributed by atoms with Crippen LogP contribution in [0.25, 0.3) is 0 Å². The molecule has 0 saturated heterocycles. The Morgan fingerprint density at radius 1 is 1.27 bits per heavy atom. The maximum atomic E-state index is 13.0. The number of alkyl halides is 1. The lowest BCUT2D eigenvalue weighted by atomic mass is 10.1. The number of hydrogen-bond donors (Lipinski definition) is 2. The molecule has 0 saturated carbocycles. The molecule has 0 aliphatic rings. The predicted molar refractivity (Wildman–Crippen MR) is 118 cm³/mol. The summed E-state index contributed by atoms with van der Waals surface area (Å²) in [5, 5.41) is 22.8. The molecule has 2 aromatic carbocycles. The van der Waals surface area contributed by atoms with E-state index in [4.69, 9.17) is 21.1 Å². The van der Waals surface area contributed by atoms with Gasteiger partial charge in [0.1, 0.15) is 6.67 Å². The molecule has 0 heterocycles. The summed E-state index contributed by atoms with van der Waals surface area (Å²) >= 11 is 5.79. The number of nitro benzene ring substituents is 1. The number of ether oxygens (including phenoxy) is 2. The molecule has 0 aromatic heterocycles. The van der Waals surface area contributed by atoms with Gasteiger partial charge in [0, 0.05) is 30.8 Å². The van der Waals surface area contributed by atoms with Crippen molar-refractivity contribution in [1.29, 1.82) is 0 Å². The van der Waals surface area contributed by atoms with Gasteiger partial charge in [0.05, 0.1) is 34.7 Å². The number of sulfonamides is 1. The van der Waals surface area contributed by atoms with Crippen molar-refractivity contribution in [3.8, 4) is 17.2 Å². The minimum absolute atomic E-state index is 0.00202. The molecular formula is C19H21ClFN3O8S. The van der Waals surface area contributed by atoms with Gasteiger partial charge in [0.15, 0.2) is 11.5 Å². The Morgan fingerprint density at radius 2 is 1.94 bits per heavy atom. The number of methoxy groups -OCH3 is 2. The van der Waals surface area contributed by atoms with Crippen molar-refractivity contribution >= 4 is 38.9 Å². The molecule has 0 radical (unpaired) electrons. The van der Waals surface area contributed by atoms with Crippen LogP contribution in [0, 0.1) is 10.1 Å². The highest BCUT2D eigenvalue weighted by molar-refractivity contribution is 7.89. The zero-order valence-corrected chi connectivity index (χ0v) is 19.4. The maximum absolute atomic E-state index is 13.0. The summed E-state index contributed by atoms with van der Waals surface area (Å²) in [6, 6.07) is 4.06. The first-order valence-corrected chi connectivity index (χ1v) is 11.1.